The smallest absolute Gasteiger partial charge is 0.137 e. The van der Waals surface area contributed by atoms with Crippen LogP contribution in [0.1, 0.15) is 0 Å². The Balaban J connectivity index is 0.991. The second-order valence-corrected chi connectivity index (χ2v) is 14.3. The van der Waals surface area contributed by atoms with Crippen molar-refractivity contribution in [1.29, 1.82) is 0 Å². The molecule has 10 rings (SSSR count). The molecule has 0 saturated carbocycles. The zero-order chi connectivity index (χ0) is 38.7. The number of fused-ring (bicyclic) bond motifs is 1. The van der Waals surface area contributed by atoms with E-state index in [0.29, 0.717) is 0 Å². The number of para-hydroxylation sites is 1. The first kappa shape index (κ1) is 34.7. The fourth-order valence-electron chi connectivity index (χ4n) is 7.75. The lowest BCUT2D eigenvalue weighted by atomic mass is 9.97. The van der Waals surface area contributed by atoms with Gasteiger partial charge in [0.2, 0.25) is 0 Å². The summed E-state index contributed by atoms with van der Waals surface area (Å²) in [6, 6.07) is 78.9. The van der Waals surface area contributed by atoms with Crippen LogP contribution in [0.3, 0.4) is 0 Å². The van der Waals surface area contributed by atoms with Crippen molar-refractivity contribution in [1.82, 2.24) is 14.4 Å². The average molecular weight is 743 g/mol. The van der Waals surface area contributed by atoms with Gasteiger partial charge in [0, 0.05) is 45.5 Å². The molecule has 3 heterocycles. The van der Waals surface area contributed by atoms with Crippen molar-refractivity contribution < 1.29 is 0 Å². The molecule has 0 bridgehead atoms. The summed E-state index contributed by atoms with van der Waals surface area (Å²) in [5.74, 6) is 0. The zero-order valence-corrected chi connectivity index (χ0v) is 31.7. The minimum absolute atomic E-state index is 0.917. The first-order valence-corrected chi connectivity index (χ1v) is 19.6. The monoisotopic (exact) mass is 742 g/mol. The van der Waals surface area contributed by atoms with Gasteiger partial charge in [-0.1, -0.05) is 164 Å². The van der Waals surface area contributed by atoms with E-state index in [-0.39, 0.29) is 0 Å². The van der Waals surface area contributed by atoms with Crippen LogP contribution in [0.5, 0.6) is 0 Å². The first-order valence-electron chi connectivity index (χ1n) is 19.6. The number of hydrogen-bond donors (Lipinski definition) is 0. The molecule has 0 aliphatic carbocycles. The minimum atomic E-state index is 0.917. The van der Waals surface area contributed by atoms with Crippen molar-refractivity contribution in [2.45, 2.75) is 0 Å². The van der Waals surface area contributed by atoms with Crippen LogP contribution in [0.25, 0.3) is 72.9 Å². The molecule has 0 fully saturated rings. The molecule has 274 valence electrons. The second kappa shape index (κ2) is 15.4. The van der Waals surface area contributed by atoms with Crippen LogP contribution in [0.2, 0.25) is 0 Å². The molecule has 0 atom stereocenters. The summed E-state index contributed by atoms with van der Waals surface area (Å²) in [6.45, 7) is 0. The fourth-order valence-corrected chi connectivity index (χ4v) is 7.75. The maximum Gasteiger partial charge on any atom is 0.137 e. The van der Waals surface area contributed by atoms with E-state index in [9.17, 15) is 0 Å². The zero-order valence-electron chi connectivity index (χ0n) is 31.7. The number of aromatic nitrogens is 3. The van der Waals surface area contributed by atoms with Crippen LogP contribution in [-0.2, 0) is 0 Å². The molecular formula is C54H38N4. The van der Waals surface area contributed by atoms with Crippen LogP contribution in [0, 0.1) is 0 Å². The molecule has 0 spiro atoms. The maximum absolute atomic E-state index is 5.09. The first-order chi connectivity index (χ1) is 28.7. The number of anilines is 3. The Morgan fingerprint density at radius 3 is 1.38 bits per heavy atom. The standard InChI is InChI=1S/C54H38N4/c1-5-16-42(17-6-1)50-37-46(38-51(55-50)43-18-7-2-8-19-43)41-29-27-39(28-30-41)40-31-33-48(34-32-40)58(47-23-11-4-12-24-47)49-25-15-22-45(36-49)54-53(44-20-9-3-10-21-44)56-52-26-13-14-35-57(52)54/h1-38H. The number of hydrogen-bond acceptors (Lipinski definition) is 3. The van der Waals surface area contributed by atoms with Crippen LogP contribution in [-0.4, -0.2) is 14.4 Å². The SMILES string of the molecule is c1ccc(-c2cc(-c3ccc(-c4ccc(N(c5ccccc5)c5cccc(-c6c(-c7ccccc7)nc7ccccn67)c5)cc4)cc3)cc(-c3ccccc3)n2)cc1. The van der Waals surface area contributed by atoms with Crippen molar-refractivity contribution in [2.75, 3.05) is 4.90 Å². The van der Waals surface area contributed by atoms with Gasteiger partial charge in [0.25, 0.3) is 0 Å². The van der Waals surface area contributed by atoms with Gasteiger partial charge in [-0.25, -0.2) is 9.97 Å². The third-order valence-electron chi connectivity index (χ3n) is 10.6. The van der Waals surface area contributed by atoms with E-state index >= 15 is 0 Å². The quantitative estimate of drug-likeness (QED) is 0.148. The Morgan fingerprint density at radius 2 is 0.776 bits per heavy atom. The predicted octanol–water partition coefficient (Wildman–Crippen LogP) is 14.2. The van der Waals surface area contributed by atoms with Gasteiger partial charge >= 0.3 is 0 Å². The molecule has 0 aliphatic rings. The maximum atomic E-state index is 5.09. The van der Waals surface area contributed by atoms with Crippen LogP contribution < -0.4 is 4.90 Å². The van der Waals surface area contributed by atoms with Gasteiger partial charge in [0.1, 0.15) is 5.65 Å². The van der Waals surface area contributed by atoms with Gasteiger partial charge < -0.3 is 4.90 Å². The number of pyridine rings is 2. The average Bonchev–Trinajstić information content (AvgIpc) is 3.71. The van der Waals surface area contributed by atoms with E-state index in [1.807, 2.05) is 24.3 Å². The lowest BCUT2D eigenvalue weighted by molar-refractivity contribution is 1.19. The number of benzene rings is 7. The van der Waals surface area contributed by atoms with Crippen molar-refractivity contribution in [3.63, 3.8) is 0 Å². The topological polar surface area (TPSA) is 33.4 Å². The molecule has 0 radical (unpaired) electrons. The van der Waals surface area contributed by atoms with Gasteiger partial charge in [-0.3, -0.25) is 4.40 Å². The molecule has 3 aromatic heterocycles. The molecule has 0 saturated heterocycles. The summed E-state index contributed by atoms with van der Waals surface area (Å²) in [5.41, 5.74) is 17.0. The highest BCUT2D eigenvalue weighted by Crippen LogP contribution is 2.40. The van der Waals surface area contributed by atoms with Crippen LogP contribution in [0.15, 0.2) is 231 Å². The molecule has 0 N–H and O–H groups in total. The van der Waals surface area contributed by atoms with Crippen molar-refractivity contribution in [2.24, 2.45) is 0 Å². The Hall–Kier alpha value is -7.82. The van der Waals surface area contributed by atoms with Crippen LogP contribution in [0.4, 0.5) is 17.1 Å². The Morgan fingerprint density at radius 1 is 0.310 bits per heavy atom. The predicted molar refractivity (Wildman–Crippen MR) is 240 cm³/mol. The second-order valence-electron chi connectivity index (χ2n) is 14.3. The Labute approximate surface area is 338 Å². The van der Waals surface area contributed by atoms with Crippen LogP contribution >= 0.6 is 0 Å². The van der Waals surface area contributed by atoms with E-state index in [1.165, 1.54) is 0 Å². The number of imidazole rings is 1. The van der Waals surface area contributed by atoms with E-state index in [2.05, 4.69) is 216 Å². The Bertz CT molecular complexity index is 2900. The largest absolute Gasteiger partial charge is 0.310 e. The normalized spacial score (nSPS) is 11.1. The molecule has 58 heavy (non-hydrogen) atoms. The van der Waals surface area contributed by atoms with Gasteiger partial charge in [0.15, 0.2) is 0 Å². The lowest BCUT2D eigenvalue weighted by Gasteiger charge is -2.26. The molecule has 4 heteroatoms. The summed E-state index contributed by atoms with van der Waals surface area (Å²) in [4.78, 5) is 12.5. The van der Waals surface area contributed by atoms with E-state index in [1.54, 1.807) is 0 Å². The van der Waals surface area contributed by atoms with Gasteiger partial charge in [-0.15, -0.1) is 0 Å². The van der Waals surface area contributed by atoms with E-state index < -0.39 is 0 Å². The van der Waals surface area contributed by atoms with Gasteiger partial charge in [-0.2, -0.15) is 0 Å². The molecule has 4 nitrogen and oxygen atoms in total. The van der Waals surface area contributed by atoms with E-state index in [0.717, 1.165) is 90.0 Å². The molecule has 0 aliphatic heterocycles. The summed E-state index contributed by atoms with van der Waals surface area (Å²) in [5, 5.41) is 0. The van der Waals surface area contributed by atoms with Gasteiger partial charge in [-0.05, 0) is 82.9 Å². The highest BCUT2D eigenvalue weighted by atomic mass is 15.1. The summed E-state index contributed by atoms with van der Waals surface area (Å²) in [7, 11) is 0. The third kappa shape index (κ3) is 6.84. The number of nitrogens with zero attached hydrogens (tertiary/aromatic N) is 4. The van der Waals surface area contributed by atoms with Crippen molar-refractivity contribution in [3.8, 4) is 67.3 Å². The van der Waals surface area contributed by atoms with Crippen molar-refractivity contribution >= 4 is 22.7 Å². The molecular weight excluding hydrogens is 705 g/mol. The molecule has 0 amide bonds. The molecule has 7 aromatic carbocycles. The summed E-state index contributed by atoms with van der Waals surface area (Å²) >= 11 is 0. The van der Waals surface area contributed by atoms with Crippen molar-refractivity contribution in [3.05, 3.63) is 231 Å². The summed E-state index contributed by atoms with van der Waals surface area (Å²) in [6.07, 6.45) is 2.10. The van der Waals surface area contributed by atoms with Gasteiger partial charge in [0.05, 0.1) is 22.8 Å². The highest BCUT2D eigenvalue weighted by Gasteiger charge is 2.19. The Kier molecular flexibility index (Phi) is 9.18. The fraction of sp³-hybridized carbons (Fsp3) is 0. The molecule has 0 unspecified atom stereocenters. The third-order valence-corrected chi connectivity index (χ3v) is 10.6. The van der Waals surface area contributed by atoms with E-state index in [4.69, 9.17) is 9.97 Å². The number of rotatable bonds is 9. The summed E-state index contributed by atoms with van der Waals surface area (Å²) < 4.78 is 2.19. The highest BCUT2D eigenvalue weighted by molar-refractivity contribution is 5.86. The minimum Gasteiger partial charge on any atom is -0.310 e. The molecule has 10 aromatic rings. The lowest BCUT2D eigenvalue weighted by Crippen LogP contribution is -2.10.